The van der Waals surface area contributed by atoms with Gasteiger partial charge in [0, 0.05) is 19.8 Å². The standard InChI is InChI=1S/C30H56N2O8Si/c1-18(2)41(19(3)4,20(5)6)38-17-24(31-21(7)33)26-23(16-37-22(8)34)15-25(27(35)39-29(9,10)11)32(26)28(36)40-30(12,13)14/h18-20,23-26H,15-17H2,1-14H3,(H,31,33)/t23-,24-,25+,26+/m0/s1. The van der Waals surface area contributed by atoms with Crippen LogP contribution in [0.25, 0.3) is 0 Å². The fourth-order valence-electron chi connectivity index (χ4n) is 6.25. The lowest BCUT2D eigenvalue weighted by Gasteiger charge is -2.44. The van der Waals surface area contributed by atoms with Crippen LogP contribution in [0.3, 0.4) is 0 Å². The topological polar surface area (TPSA) is 120 Å². The van der Waals surface area contributed by atoms with E-state index in [1.54, 1.807) is 41.5 Å². The molecule has 1 N–H and O–H groups in total. The SMILES string of the molecule is CC(=O)N[C@@H](CO[Si](C(C)C)(C(C)C)C(C)C)[C@H]1[C@H](COC(C)=O)C[C@H](C(=O)OC(C)(C)C)N1C(=O)OC(C)(C)C. The zero-order valence-corrected chi connectivity index (χ0v) is 28.9. The second kappa shape index (κ2) is 14.4. The number of nitrogens with zero attached hydrogens (tertiary/aromatic N) is 1. The molecule has 10 nitrogen and oxygen atoms in total. The van der Waals surface area contributed by atoms with E-state index in [4.69, 9.17) is 18.6 Å². The Labute approximate surface area is 248 Å². The number of esters is 2. The van der Waals surface area contributed by atoms with Gasteiger partial charge in [-0.3, -0.25) is 14.5 Å². The first-order valence-corrected chi connectivity index (χ1v) is 17.0. The Kier molecular flexibility index (Phi) is 12.9. The zero-order chi connectivity index (χ0) is 32.1. The van der Waals surface area contributed by atoms with Gasteiger partial charge in [-0.25, -0.2) is 9.59 Å². The molecule has 0 radical (unpaired) electrons. The van der Waals surface area contributed by atoms with Crippen LogP contribution < -0.4 is 5.32 Å². The number of amides is 2. The summed E-state index contributed by atoms with van der Waals surface area (Å²) in [5, 5.41) is 3.00. The molecular formula is C30H56N2O8Si. The van der Waals surface area contributed by atoms with Crippen LogP contribution in [0.15, 0.2) is 0 Å². The fourth-order valence-corrected chi connectivity index (χ4v) is 11.7. The van der Waals surface area contributed by atoms with E-state index in [2.05, 4.69) is 46.9 Å². The first-order chi connectivity index (χ1) is 18.5. The summed E-state index contributed by atoms with van der Waals surface area (Å²) in [6.45, 7) is 26.3. The van der Waals surface area contributed by atoms with Crippen molar-refractivity contribution < 1.29 is 37.8 Å². The Bertz CT molecular complexity index is 901. The summed E-state index contributed by atoms with van der Waals surface area (Å²) in [5.41, 5.74) is -0.771. The van der Waals surface area contributed by atoms with E-state index in [-0.39, 0.29) is 42.2 Å². The first kappa shape index (κ1) is 36.9. The fraction of sp³-hybridized carbons (Fsp3) is 0.867. The Hall–Kier alpha value is -2.14. The van der Waals surface area contributed by atoms with E-state index in [9.17, 15) is 19.2 Å². The molecule has 1 fully saturated rings. The summed E-state index contributed by atoms with van der Waals surface area (Å²) in [6, 6.07) is -2.46. The lowest BCUT2D eigenvalue weighted by Crippen LogP contribution is -2.60. The number of likely N-dealkylation sites (tertiary alicyclic amines) is 1. The number of ether oxygens (including phenoxy) is 3. The summed E-state index contributed by atoms with van der Waals surface area (Å²) < 4.78 is 23.8. The van der Waals surface area contributed by atoms with Crippen molar-refractivity contribution in [1.82, 2.24) is 10.2 Å². The van der Waals surface area contributed by atoms with Crippen molar-refractivity contribution >= 4 is 32.3 Å². The van der Waals surface area contributed by atoms with Gasteiger partial charge in [-0.2, -0.15) is 0 Å². The van der Waals surface area contributed by atoms with Crippen LogP contribution in [0.2, 0.25) is 16.6 Å². The van der Waals surface area contributed by atoms with E-state index in [1.165, 1.54) is 18.7 Å². The van der Waals surface area contributed by atoms with Crippen LogP contribution in [-0.4, -0.2) is 79.7 Å². The predicted molar refractivity (Wildman–Crippen MR) is 161 cm³/mol. The van der Waals surface area contributed by atoms with Crippen LogP contribution in [-0.2, 0) is 33.0 Å². The number of rotatable bonds is 11. The summed E-state index contributed by atoms with van der Waals surface area (Å²) in [5.74, 6) is -1.86. The Morgan fingerprint density at radius 2 is 1.34 bits per heavy atom. The molecule has 1 aliphatic heterocycles. The van der Waals surface area contributed by atoms with Gasteiger partial charge in [0.05, 0.1) is 25.3 Å². The van der Waals surface area contributed by atoms with Crippen LogP contribution in [0.5, 0.6) is 0 Å². The van der Waals surface area contributed by atoms with E-state index >= 15 is 0 Å². The van der Waals surface area contributed by atoms with Gasteiger partial charge in [0.2, 0.25) is 5.91 Å². The van der Waals surface area contributed by atoms with Gasteiger partial charge in [-0.05, 0) is 64.6 Å². The second-order valence-corrected chi connectivity index (χ2v) is 19.6. The summed E-state index contributed by atoms with van der Waals surface area (Å²) in [6.07, 6.45) is -0.539. The molecule has 2 amide bonds. The molecule has 0 unspecified atom stereocenters. The minimum Gasteiger partial charge on any atom is -0.465 e. The lowest BCUT2D eigenvalue weighted by atomic mass is 9.94. The monoisotopic (exact) mass is 600 g/mol. The highest BCUT2D eigenvalue weighted by Crippen LogP contribution is 2.43. The summed E-state index contributed by atoms with van der Waals surface area (Å²) >= 11 is 0. The molecule has 1 heterocycles. The van der Waals surface area contributed by atoms with E-state index < -0.39 is 61.6 Å². The Morgan fingerprint density at radius 1 is 0.854 bits per heavy atom. The molecule has 0 bridgehead atoms. The first-order valence-electron chi connectivity index (χ1n) is 14.8. The van der Waals surface area contributed by atoms with Crippen molar-refractivity contribution in [2.75, 3.05) is 13.2 Å². The third kappa shape index (κ3) is 10.3. The molecule has 11 heteroatoms. The van der Waals surface area contributed by atoms with Gasteiger partial charge in [0.25, 0.3) is 0 Å². The van der Waals surface area contributed by atoms with Crippen molar-refractivity contribution in [1.29, 1.82) is 0 Å². The van der Waals surface area contributed by atoms with Gasteiger partial charge < -0.3 is 24.0 Å². The van der Waals surface area contributed by atoms with Crippen molar-refractivity contribution in [3.63, 3.8) is 0 Å². The highest BCUT2D eigenvalue weighted by molar-refractivity contribution is 6.77. The maximum absolute atomic E-state index is 13.8. The van der Waals surface area contributed by atoms with Gasteiger partial charge >= 0.3 is 18.0 Å². The van der Waals surface area contributed by atoms with Crippen LogP contribution in [0.1, 0.15) is 103 Å². The molecule has 0 aromatic rings. The predicted octanol–water partition coefficient (Wildman–Crippen LogP) is 5.58. The molecule has 0 aliphatic carbocycles. The zero-order valence-electron chi connectivity index (χ0n) is 27.9. The van der Waals surface area contributed by atoms with Crippen LogP contribution >= 0.6 is 0 Å². The Balaban J connectivity index is 3.74. The molecule has 1 aliphatic rings. The van der Waals surface area contributed by atoms with Gasteiger partial charge in [0.1, 0.15) is 17.2 Å². The van der Waals surface area contributed by atoms with Crippen molar-refractivity contribution in [2.24, 2.45) is 5.92 Å². The minimum atomic E-state index is -2.37. The third-order valence-corrected chi connectivity index (χ3v) is 13.6. The summed E-state index contributed by atoms with van der Waals surface area (Å²) in [4.78, 5) is 53.1. The lowest BCUT2D eigenvalue weighted by molar-refractivity contribution is -0.160. The average Bonchev–Trinajstić information content (AvgIpc) is 3.13. The second-order valence-electron chi connectivity index (χ2n) is 14.2. The molecule has 4 atom stereocenters. The van der Waals surface area contributed by atoms with Crippen LogP contribution in [0, 0.1) is 5.92 Å². The van der Waals surface area contributed by atoms with Crippen LogP contribution in [0.4, 0.5) is 4.79 Å². The van der Waals surface area contributed by atoms with Crippen molar-refractivity contribution in [3.05, 3.63) is 0 Å². The normalized spacial score (nSPS) is 20.8. The van der Waals surface area contributed by atoms with Crippen molar-refractivity contribution in [2.45, 2.75) is 149 Å². The van der Waals surface area contributed by atoms with E-state index in [0.717, 1.165) is 0 Å². The smallest absolute Gasteiger partial charge is 0.411 e. The van der Waals surface area contributed by atoms with E-state index in [1.807, 2.05) is 0 Å². The number of carbonyl (C=O) groups excluding carboxylic acids is 4. The third-order valence-electron chi connectivity index (χ3n) is 7.47. The largest absolute Gasteiger partial charge is 0.465 e. The van der Waals surface area contributed by atoms with E-state index in [0.29, 0.717) is 0 Å². The molecule has 0 aromatic heterocycles. The molecular weight excluding hydrogens is 544 g/mol. The molecule has 41 heavy (non-hydrogen) atoms. The number of hydrogen-bond donors (Lipinski definition) is 1. The van der Waals surface area contributed by atoms with Gasteiger partial charge in [-0.1, -0.05) is 41.5 Å². The molecule has 1 rings (SSSR count). The highest BCUT2D eigenvalue weighted by Gasteiger charge is 2.54. The molecule has 0 saturated carbocycles. The maximum Gasteiger partial charge on any atom is 0.411 e. The number of nitrogens with one attached hydrogen (secondary N) is 1. The molecule has 0 spiro atoms. The number of hydrogen-bond acceptors (Lipinski definition) is 8. The minimum absolute atomic E-state index is 0.0458. The molecule has 0 aromatic carbocycles. The maximum atomic E-state index is 13.8. The molecule has 1 saturated heterocycles. The number of carbonyl (C=O) groups is 4. The molecule has 238 valence electrons. The van der Waals surface area contributed by atoms with Gasteiger partial charge in [-0.15, -0.1) is 0 Å². The Morgan fingerprint density at radius 3 is 1.73 bits per heavy atom. The summed E-state index contributed by atoms with van der Waals surface area (Å²) in [7, 11) is -2.37. The van der Waals surface area contributed by atoms with Gasteiger partial charge in [0.15, 0.2) is 8.32 Å². The highest BCUT2D eigenvalue weighted by atomic mass is 28.4. The van der Waals surface area contributed by atoms with Crippen molar-refractivity contribution in [3.8, 4) is 0 Å². The average molecular weight is 601 g/mol. The quantitative estimate of drug-likeness (QED) is 0.185.